The molecule has 9 heteroatoms. The number of carbonyl (C=O) groups is 3. The van der Waals surface area contributed by atoms with E-state index in [0.29, 0.717) is 5.56 Å². The lowest BCUT2D eigenvalue weighted by Crippen LogP contribution is -2.57. The van der Waals surface area contributed by atoms with Crippen LogP contribution in [0.25, 0.3) is 0 Å². The summed E-state index contributed by atoms with van der Waals surface area (Å²) in [6.45, 7) is 1.35. The maximum absolute atomic E-state index is 11.9. The second-order valence-electron chi connectivity index (χ2n) is 5.79. The average molecular weight is 350 g/mol. The van der Waals surface area contributed by atoms with Crippen molar-refractivity contribution in [3.05, 3.63) is 39.9 Å². The van der Waals surface area contributed by atoms with E-state index in [0.717, 1.165) is 0 Å². The van der Waals surface area contributed by atoms with Gasteiger partial charge in [0.1, 0.15) is 25.0 Å². The highest BCUT2D eigenvalue weighted by Gasteiger charge is 2.39. The number of benzene rings is 1. The first-order valence-electron chi connectivity index (χ1n) is 7.68. The van der Waals surface area contributed by atoms with Gasteiger partial charge in [0, 0.05) is 31.0 Å². The van der Waals surface area contributed by atoms with Gasteiger partial charge in [-0.2, -0.15) is 0 Å². The van der Waals surface area contributed by atoms with Crippen molar-refractivity contribution >= 4 is 23.3 Å². The van der Waals surface area contributed by atoms with Crippen LogP contribution in [-0.2, 0) is 25.7 Å². The van der Waals surface area contributed by atoms with Crippen LogP contribution in [-0.4, -0.2) is 44.9 Å². The number of ketones is 1. The number of esters is 1. The summed E-state index contributed by atoms with van der Waals surface area (Å²) in [6, 6.07) is 5.14. The predicted octanol–water partition coefficient (Wildman–Crippen LogP) is 0.926. The van der Waals surface area contributed by atoms with Crippen LogP contribution in [0.3, 0.4) is 0 Å². The Morgan fingerprint density at radius 2 is 2.04 bits per heavy atom. The van der Waals surface area contributed by atoms with Gasteiger partial charge in [-0.3, -0.25) is 24.5 Å². The Labute approximate surface area is 143 Å². The lowest BCUT2D eigenvalue weighted by atomic mass is 9.95. The summed E-state index contributed by atoms with van der Waals surface area (Å²) in [5.74, 6) is -1.32. The molecule has 2 rings (SSSR count). The van der Waals surface area contributed by atoms with E-state index in [1.165, 1.54) is 36.1 Å². The number of ether oxygens (including phenoxy) is 1. The Bertz CT molecular complexity index is 684. The summed E-state index contributed by atoms with van der Waals surface area (Å²) < 4.78 is 4.97. The quantitative estimate of drug-likeness (QED) is 0.243. The fourth-order valence-corrected chi connectivity index (χ4v) is 2.61. The number of likely N-dealkylation sites (tertiary alicyclic amines) is 1. The molecule has 25 heavy (non-hydrogen) atoms. The standard InChI is InChI=1S/C16H18N2O7/c1-10(19)17-13(7-15(17)21)6-14(20)8-16(22)25-9-11-2-4-12(5-3-11)18(23)24/h2-5,10,13,19H,6-9H2,1H3/t10-,13?/m1/s1. The predicted molar refractivity (Wildman–Crippen MR) is 84.1 cm³/mol. The zero-order chi connectivity index (χ0) is 18.6. The molecule has 1 fully saturated rings. The number of amides is 1. The highest BCUT2D eigenvalue weighted by Crippen LogP contribution is 2.24. The summed E-state index contributed by atoms with van der Waals surface area (Å²) in [5.41, 5.74) is 0.499. The number of carbonyl (C=O) groups excluding carboxylic acids is 3. The van der Waals surface area contributed by atoms with Gasteiger partial charge in [-0.15, -0.1) is 0 Å². The fourth-order valence-electron chi connectivity index (χ4n) is 2.61. The van der Waals surface area contributed by atoms with Crippen LogP contribution < -0.4 is 0 Å². The molecule has 1 unspecified atom stereocenters. The van der Waals surface area contributed by atoms with Gasteiger partial charge in [-0.05, 0) is 24.6 Å². The molecule has 0 saturated carbocycles. The molecule has 0 spiro atoms. The summed E-state index contributed by atoms with van der Waals surface area (Å²) >= 11 is 0. The van der Waals surface area contributed by atoms with Gasteiger partial charge in [0.2, 0.25) is 5.91 Å². The first-order chi connectivity index (χ1) is 11.8. The third-order valence-corrected chi connectivity index (χ3v) is 3.85. The molecular formula is C16H18N2O7. The van der Waals surface area contributed by atoms with Crippen molar-refractivity contribution in [2.45, 2.75) is 45.1 Å². The number of aliphatic hydroxyl groups excluding tert-OH is 1. The Balaban J connectivity index is 1.75. The number of non-ortho nitro benzene ring substituents is 1. The Morgan fingerprint density at radius 1 is 1.40 bits per heavy atom. The van der Waals surface area contributed by atoms with E-state index in [1.807, 2.05) is 0 Å². The highest BCUT2D eigenvalue weighted by atomic mass is 16.6. The van der Waals surface area contributed by atoms with Gasteiger partial charge in [0.25, 0.3) is 5.69 Å². The molecule has 0 bridgehead atoms. The zero-order valence-corrected chi connectivity index (χ0v) is 13.6. The van der Waals surface area contributed by atoms with Crippen LogP contribution >= 0.6 is 0 Å². The summed E-state index contributed by atoms with van der Waals surface area (Å²) in [4.78, 5) is 46.1. The molecule has 134 valence electrons. The normalized spacial score (nSPS) is 17.6. The summed E-state index contributed by atoms with van der Waals surface area (Å²) in [5, 5.41) is 20.0. The molecular weight excluding hydrogens is 332 g/mol. The van der Waals surface area contributed by atoms with Crippen LogP contribution in [0.15, 0.2) is 24.3 Å². The number of rotatable bonds is 8. The maximum Gasteiger partial charge on any atom is 0.313 e. The Kier molecular flexibility index (Phi) is 5.81. The second kappa shape index (κ2) is 7.84. The minimum absolute atomic E-state index is 0.0106. The van der Waals surface area contributed by atoms with E-state index in [4.69, 9.17) is 4.74 Å². The number of hydrogen-bond acceptors (Lipinski definition) is 7. The van der Waals surface area contributed by atoms with Crippen molar-refractivity contribution in [1.82, 2.24) is 4.90 Å². The van der Waals surface area contributed by atoms with Crippen molar-refractivity contribution < 1.29 is 29.2 Å². The molecule has 1 amide bonds. The van der Waals surface area contributed by atoms with Crippen LogP contribution in [0, 0.1) is 10.1 Å². The molecule has 1 aliphatic rings. The van der Waals surface area contributed by atoms with Crippen molar-refractivity contribution in [1.29, 1.82) is 0 Å². The average Bonchev–Trinajstić information content (AvgIpc) is 2.51. The van der Waals surface area contributed by atoms with E-state index in [1.54, 1.807) is 0 Å². The maximum atomic E-state index is 11.9. The minimum Gasteiger partial charge on any atom is -0.460 e. The number of β-lactam (4-membered cyclic amide) rings is 1. The molecule has 9 nitrogen and oxygen atoms in total. The second-order valence-corrected chi connectivity index (χ2v) is 5.79. The van der Waals surface area contributed by atoms with Crippen LogP contribution in [0.2, 0.25) is 0 Å². The minimum atomic E-state index is -0.965. The monoisotopic (exact) mass is 350 g/mol. The molecule has 1 aliphatic heterocycles. The molecule has 1 aromatic carbocycles. The van der Waals surface area contributed by atoms with E-state index in [2.05, 4.69) is 0 Å². The lowest BCUT2D eigenvalue weighted by molar-refractivity contribution is -0.384. The van der Waals surface area contributed by atoms with Crippen molar-refractivity contribution in [2.75, 3.05) is 0 Å². The molecule has 1 aromatic rings. The molecule has 1 heterocycles. The number of nitro groups is 1. The summed E-state index contributed by atoms with van der Waals surface area (Å²) in [6.07, 6.45) is -1.23. The van der Waals surface area contributed by atoms with Gasteiger partial charge < -0.3 is 14.7 Å². The largest absolute Gasteiger partial charge is 0.460 e. The van der Waals surface area contributed by atoms with Gasteiger partial charge in [-0.1, -0.05) is 0 Å². The lowest BCUT2D eigenvalue weighted by Gasteiger charge is -2.42. The number of hydrogen-bond donors (Lipinski definition) is 1. The van der Waals surface area contributed by atoms with E-state index >= 15 is 0 Å². The van der Waals surface area contributed by atoms with Crippen LogP contribution in [0.5, 0.6) is 0 Å². The SMILES string of the molecule is C[C@@H](O)N1C(=O)CC1CC(=O)CC(=O)OCc1ccc([N+](=O)[O-])cc1. The zero-order valence-electron chi connectivity index (χ0n) is 13.6. The van der Waals surface area contributed by atoms with Crippen LogP contribution in [0.4, 0.5) is 5.69 Å². The fraction of sp³-hybridized carbons (Fsp3) is 0.438. The highest BCUT2D eigenvalue weighted by molar-refractivity contribution is 5.97. The number of Topliss-reactive ketones (excluding diaryl/α,β-unsaturated/α-hetero) is 1. The molecule has 1 saturated heterocycles. The first kappa shape index (κ1) is 18.5. The molecule has 0 aliphatic carbocycles. The van der Waals surface area contributed by atoms with E-state index in [-0.39, 0.29) is 42.9 Å². The number of aliphatic hydroxyl groups is 1. The molecule has 1 N–H and O–H groups in total. The topological polar surface area (TPSA) is 127 Å². The Morgan fingerprint density at radius 3 is 2.56 bits per heavy atom. The van der Waals surface area contributed by atoms with Crippen LogP contribution in [0.1, 0.15) is 31.7 Å². The number of nitro benzene ring substituents is 1. The van der Waals surface area contributed by atoms with E-state index < -0.39 is 23.5 Å². The van der Waals surface area contributed by atoms with Gasteiger partial charge >= 0.3 is 5.97 Å². The van der Waals surface area contributed by atoms with Crippen molar-refractivity contribution in [3.8, 4) is 0 Å². The Hall–Kier alpha value is -2.81. The molecule has 2 atom stereocenters. The smallest absolute Gasteiger partial charge is 0.313 e. The van der Waals surface area contributed by atoms with Crippen molar-refractivity contribution in [2.24, 2.45) is 0 Å². The summed E-state index contributed by atoms with van der Waals surface area (Å²) in [7, 11) is 0. The van der Waals surface area contributed by atoms with Gasteiger partial charge in [-0.25, -0.2) is 0 Å². The van der Waals surface area contributed by atoms with Crippen molar-refractivity contribution in [3.63, 3.8) is 0 Å². The number of nitrogens with zero attached hydrogens (tertiary/aromatic N) is 2. The first-order valence-corrected chi connectivity index (χ1v) is 7.68. The third-order valence-electron chi connectivity index (χ3n) is 3.85. The third kappa shape index (κ3) is 4.83. The molecule has 0 radical (unpaired) electrons. The van der Waals surface area contributed by atoms with Gasteiger partial charge in [0.15, 0.2) is 0 Å². The molecule has 0 aromatic heterocycles. The van der Waals surface area contributed by atoms with Gasteiger partial charge in [0.05, 0.1) is 4.92 Å². The van der Waals surface area contributed by atoms with E-state index in [9.17, 15) is 29.6 Å².